The highest BCUT2D eigenvalue weighted by Gasteiger charge is 2.25. The van der Waals surface area contributed by atoms with E-state index in [0.717, 1.165) is 17.1 Å². The van der Waals surface area contributed by atoms with Gasteiger partial charge in [-0.05, 0) is 48.7 Å². The molecular weight excluding hydrogens is 365 g/mol. The molecule has 0 aromatic heterocycles. The van der Waals surface area contributed by atoms with Crippen molar-refractivity contribution in [2.75, 3.05) is 19.3 Å². The summed E-state index contributed by atoms with van der Waals surface area (Å²) in [7, 11) is -3.37. The van der Waals surface area contributed by atoms with Gasteiger partial charge in [0.1, 0.15) is 18.6 Å². The van der Waals surface area contributed by atoms with Crippen LogP contribution in [-0.2, 0) is 18.9 Å². The Hall–Kier alpha value is -2.43. The fourth-order valence-corrected chi connectivity index (χ4v) is 4.07. The first-order valence-corrected chi connectivity index (χ1v) is 10.6. The van der Waals surface area contributed by atoms with Crippen LogP contribution in [-0.4, -0.2) is 31.6 Å². The van der Waals surface area contributed by atoms with Gasteiger partial charge in [-0.1, -0.05) is 36.4 Å². The van der Waals surface area contributed by atoms with Crippen molar-refractivity contribution in [2.45, 2.75) is 20.3 Å². The molecule has 1 atom stereocenters. The molecule has 0 aliphatic heterocycles. The Morgan fingerprint density at radius 2 is 1.93 bits per heavy atom. The molecule has 0 aliphatic rings. The Bertz CT molecular complexity index is 878. The molecule has 0 saturated carbocycles. The van der Waals surface area contributed by atoms with Gasteiger partial charge in [0.25, 0.3) is 0 Å². The summed E-state index contributed by atoms with van der Waals surface area (Å²) in [5.41, 5.74) is 0.553. The number of ether oxygens (including phenoxy) is 1. The van der Waals surface area contributed by atoms with E-state index in [1.165, 1.54) is 0 Å². The van der Waals surface area contributed by atoms with E-state index in [9.17, 15) is 14.2 Å². The van der Waals surface area contributed by atoms with Gasteiger partial charge in [0, 0.05) is 0 Å². The maximum atomic E-state index is 13.2. The Balaban J connectivity index is 2.16. The van der Waals surface area contributed by atoms with E-state index in [1.807, 2.05) is 30.3 Å². The van der Waals surface area contributed by atoms with Crippen molar-refractivity contribution in [2.24, 2.45) is 0 Å². The molecule has 6 nitrogen and oxygen atoms in total. The Morgan fingerprint density at radius 3 is 2.63 bits per heavy atom. The average Bonchev–Trinajstić information content (AvgIpc) is 2.66. The molecule has 7 heteroatoms. The van der Waals surface area contributed by atoms with Crippen LogP contribution in [0, 0.1) is 0 Å². The molecule has 0 saturated heterocycles. The highest BCUT2D eigenvalue weighted by Crippen LogP contribution is 2.44. The summed E-state index contributed by atoms with van der Waals surface area (Å²) in [6.45, 7) is 3.41. The quantitative estimate of drug-likeness (QED) is 0.285. The van der Waals surface area contributed by atoms with Crippen molar-refractivity contribution < 1.29 is 23.4 Å². The molecule has 0 fully saturated rings. The molecule has 0 spiro atoms. The summed E-state index contributed by atoms with van der Waals surface area (Å²) in [5, 5.41) is 4.72. The predicted octanol–water partition coefficient (Wildman–Crippen LogP) is 4.10. The number of carbonyl (C=O) groups excluding carboxylic acids is 2. The number of benzene rings is 2. The van der Waals surface area contributed by atoms with Crippen LogP contribution in [0.15, 0.2) is 54.1 Å². The van der Waals surface area contributed by atoms with Crippen LogP contribution in [0.2, 0.25) is 0 Å². The Morgan fingerprint density at radius 1 is 1.19 bits per heavy atom. The van der Waals surface area contributed by atoms with Crippen LogP contribution in [0.5, 0.6) is 5.75 Å². The lowest BCUT2D eigenvalue weighted by Gasteiger charge is -2.20. The van der Waals surface area contributed by atoms with Gasteiger partial charge in [-0.15, -0.1) is 0 Å². The Labute approximate surface area is 159 Å². The Kier molecular flexibility index (Phi) is 7.77. The highest BCUT2D eigenvalue weighted by molar-refractivity contribution is 7.57. The van der Waals surface area contributed by atoms with E-state index < -0.39 is 13.5 Å². The minimum absolute atomic E-state index is 0.143. The molecule has 1 unspecified atom stereocenters. The lowest BCUT2D eigenvalue weighted by molar-refractivity contribution is -0.141. The third-order valence-corrected chi connectivity index (χ3v) is 5.81. The van der Waals surface area contributed by atoms with E-state index in [2.05, 4.69) is 5.09 Å². The second-order valence-corrected chi connectivity index (χ2v) is 8.28. The van der Waals surface area contributed by atoms with Crippen molar-refractivity contribution in [3.05, 3.63) is 54.1 Å². The molecular formula is C20H24NO5P. The molecule has 2 aromatic rings. The van der Waals surface area contributed by atoms with Gasteiger partial charge in [0.05, 0.1) is 12.8 Å². The van der Waals surface area contributed by atoms with Crippen molar-refractivity contribution in [1.82, 2.24) is 5.09 Å². The molecule has 27 heavy (non-hydrogen) atoms. The molecule has 2 rings (SSSR count). The number of fused-ring (bicyclic) bond motifs is 1. The predicted molar refractivity (Wildman–Crippen MR) is 106 cm³/mol. The largest absolute Gasteiger partial charge is 0.465 e. The summed E-state index contributed by atoms with van der Waals surface area (Å²) >= 11 is 0. The number of allylic oxidation sites excluding steroid dienone is 2. The standard InChI is InChI=1S/C20H24NO5P/c1-3-25-20(23)14-21-27(24,12-6-7-16(2)15-22)26-19-11-10-17-8-4-5-9-18(17)13-19/h4-5,7-11,13,15H,3,6,12,14H2,1-2H3,(H,21,24)/b16-7+. The number of esters is 1. The first kappa shape index (κ1) is 20.9. The lowest BCUT2D eigenvalue weighted by atomic mass is 10.1. The number of aldehydes is 1. The molecule has 1 N–H and O–H groups in total. The molecule has 2 aromatic carbocycles. The number of hydrogen-bond acceptors (Lipinski definition) is 5. The van der Waals surface area contributed by atoms with Crippen molar-refractivity contribution in [3.63, 3.8) is 0 Å². The smallest absolute Gasteiger partial charge is 0.320 e. The summed E-state index contributed by atoms with van der Waals surface area (Å²) in [6.07, 6.45) is 2.95. The molecule has 144 valence electrons. The van der Waals surface area contributed by atoms with Crippen LogP contribution in [0.1, 0.15) is 20.3 Å². The summed E-state index contributed by atoms with van der Waals surface area (Å²) in [5.74, 6) is -0.0519. The second-order valence-electron chi connectivity index (χ2n) is 5.99. The van der Waals surface area contributed by atoms with Gasteiger partial charge in [-0.3, -0.25) is 14.2 Å². The molecule has 0 aliphatic carbocycles. The van der Waals surface area contributed by atoms with E-state index in [-0.39, 0.29) is 19.3 Å². The third-order valence-electron chi connectivity index (χ3n) is 3.82. The number of carbonyl (C=O) groups is 2. The topological polar surface area (TPSA) is 81.7 Å². The van der Waals surface area contributed by atoms with Crippen LogP contribution in [0.4, 0.5) is 0 Å². The van der Waals surface area contributed by atoms with Gasteiger partial charge < -0.3 is 9.26 Å². The van der Waals surface area contributed by atoms with E-state index >= 15 is 0 Å². The highest BCUT2D eigenvalue weighted by atomic mass is 31.2. The first-order valence-electron chi connectivity index (χ1n) is 8.76. The van der Waals surface area contributed by atoms with Gasteiger partial charge in [-0.2, -0.15) is 0 Å². The zero-order valence-corrected chi connectivity index (χ0v) is 16.4. The zero-order chi connectivity index (χ0) is 19.7. The van der Waals surface area contributed by atoms with Crippen molar-refractivity contribution in [1.29, 1.82) is 0 Å². The van der Waals surface area contributed by atoms with E-state index in [1.54, 1.807) is 32.1 Å². The lowest BCUT2D eigenvalue weighted by Crippen LogP contribution is -2.25. The molecule has 0 amide bonds. The van der Waals surface area contributed by atoms with Gasteiger partial charge in [0.2, 0.25) is 0 Å². The minimum atomic E-state index is -3.37. The van der Waals surface area contributed by atoms with E-state index in [0.29, 0.717) is 17.7 Å². The zero-order valence-electron chi connectivity index (χ0n) is 15.5. The normalized spacial score (nSPS) is 13.8. The van der Waals surface area contributed by atoms with Gasteiger partial charge >= 0.3 is 13.5 Å². The summed E-state index contributed by atoms with van der Waals surface area (Å²) in [6, 6.07) is 13.2. The minimum Gasteiger partial charge on any atom is -0.465 e. The van der Waals surface area contributed by atoms with Crippen LogP contribution < -0.4 is 9.61 Å². The van der Waals surface area contributed by atoms with Crippen molar-refractivity contribution >= 4 is 30.5 Å². The summed E-state index contributed by atoms with van der Waals surface area (Å²) < 4.78 is 23.9. The molecule has 0 bridgehead atoms. The first-order chi connectivity index (χ1) is 13.0. The van der Waals surface area contributed by atoms with Crippen molar-refractivity contribution in [3.8, 4) is 5.75 Å². The van der Waals surface area contributed by atoms with Crippen LogP contribution in [0.25, 0.3) is 10.8 Å². The fourth-order valence-electron chi connectivity index (χ4n) is 2.46. The second kappa shape index (κ2) is 10.0. The number of hydrogen-bond donors (Lipinski definition) is 1. The molecule has 0 heterocycles. The van der Waals surface area contributed by atoms with E-state index in [4.69, 9.17) is 9.26 Å². The number of nitrogens with one attached hydrogen (secondary N) is 1. The summed E-state index contributed by atoms with van der Waals surface area (Å²) in [4.78, 5) is 22.3. The molecule has 0 radical (unpaired) electrons. The maximum Gasteiger partial charge on any atom is 0.320 e. The van der Waals surface area contributed by atoms with Gasteiger partial charge in [0.15, 0.2) is 0 Å². The van der Waals surface area contributed by atoms with Crippen LogP contribution in [0.3, 0.4) is 0 Å². The fraction of sp³-hybridized carbons (Fsp3) is 0.300. The van der Waals surface area contributed by atoms with Gasteiger partial charge in [-0.25, -0.2) is 5.09 Å². The number of rotatable bonds is 10. The SMILES string of the molecule is CCOC(=O)CNP(=O)(CC/C=C(\C)C=O)Oc1ccc2ccccc2c1. The monoisotopic (exact) mass is 389 g/mol. The average molecular weight is 389 g/mol. The maximum absolute atomic E-state index is 13.2. The van der Waals surface area contributed by atoms with Crippen LogP contribution >= 0.6 is 7.52 Å². The third kappa shape index (κ3) is 6.66.